The lowest BCUT2D eigenvalue weighted by Gasteiger charge is -2.16. The number of nitrogens with one attached hydrogen (secondary N) is 1. The second-order valence-electron chi connectivity index (χ2n) is 3.48. The van der Waals surface area contributed by atoms with Gasteiger partial charge in [-0.1, -0.05) is 12.1 Å². The van der Waals surface area contributed by atoms with Gasteiger partial charge in [-0.25, -0.2) is 0 Å². The van der Waals surface area contributed by atoms with Crippen molar-refractivity contribution in [3.8, 4) is 0 Å². The monoisotopic (exact) mass is 299 g/mol. The van der Waals surface area contributed by atoms with E-state index in [0.717, 1.165) is 4.47 Å². The lowest BCUT2D eigenvalue weighted by Crippen LogP contribution is -2.38. The standard InChI is InChI=1S/C11H14BrN3O2/c1-15(11(17)6-13)7-10(16)14-9-5-3-2-4-8(9)12/h2-5H,6-7,13H2,1H3,(H,14,16). The van der Waals surface area contributed by atoms with E-state index in [1.807, 2.05) is 18.2 Å². The van der Waals surface area contributed by atoms with Crippen LogP contribution in [-0.4, -0.2) is 36.9 Å². The molecule has 0 spiro atoms. The number of benzene rings is 1. The highest BCUT2D eigenvalue weighted by atomic mass is 79.9. The Morgan fingerprint density at radius 2 is 2.06 bits per heavy atom. The minimum Gasteiger partial charge on any atom is -0.335 e. The maximum atomic E-state index is 11.6. The number of hydrogen-bond donors (Lipinski definition) is 2. The summed E-state index contributed by atoms with van der Waals surface area (Å²) in [5.41, 5.74) is 5.87. The SMILES string of the molecule is CN(CC(=O)Nc1ccccc1Br)C(=O)CN. The second-order valence-corrected chi connectivity index (χ2v) is 4.34. The normalized spacial score (nSPS) is 9.82. The van der Waals surface area contributed by atoms with Crippen LogP contribution in [0.15, 0.2) is 28.7 Å². The lowest BCUT2D eigenvalue weighted by molar-refractivity contribution is -0.132. The van der Waals surface area contributed by atoms with Crippen molar-refractivity contribution < 1.29 is 9.59 Å². The highest BCUT2D eigenvalue weighted by Gasteiger charge is 2.11. The molecule has 0 atom stereocenters. The summed E-state index contributed by atoms with van der Waals surface area (Å²) >= 11 is 3.32. The van der Waals surface area contributed by atoms with Gasteiger partial charge in [0.1, 0.15) is 0 Å². The highest BCUT2D eigenvalue weighted by Crippen LogP contribution is 2.20. The molecule has 3 N–H and O–H groups in total. The van der Waals surface area contributed by atoms with Crippen molar-refractivity contribution in [2.45, 2.75) is 0 Å². The summed E-state index contributed by atoms with van der Waals surface area (Å²) in [4.78, 5) is 24.1. The molecule has 1 rings (SSSR count). The van der Waals surface area contributed by atoms with Crippen LogP contribution in [-0.2, 0) is 9.59 Å². The van der Waals surface area contributed by atoms with Crippen LogP contribution in [0.1, 0.15) is 0 Å². The first-order valence-electron chi connectivity index (χ1n) is 5.03. The van der Waals surface area contributed by atoms with E-state index in [1.165, 1.54) is 11.9 Å². The molecule has 0 fully saturated rings. The third kappa shape index (κ3) is 4.16. The predicted octanol–water partition coefficient (Wildman–Crippen LogP) is 0.805. The molecular weight excluding hydrogens is 286 g/mol. The molecule has 0 aliphatic rings. The van der Waals surface area contributed by atoms with E-state index in [4.69, 9.17) is 5.73 Å². The molecular formula is C11H14BrN3O2. The van der Waals surface area contributed by atoms with Crippen LogP contribution >= 0.6 is 15.9 Å². The van der Waals surface area contributed by atoms with Gasteiger partial charge in [-0.2, -0.15) is 0 Å². The maximum Gasteiger partial charge on any atom is 0.244 e. The lowest BCUT2D eigenvalue weighted by atomic mass is 10.3. The van der Waals surface area contributed by atoms with Crippen LogP contribution in [0.4, 0.5) is 5.69 Å². The van der Waals surface area contributed by atoms with Crippen molar-refractivity contribution in [2.24, 2.45) is 5.73 Å². The second kappa shape index (κ2) is 6.36. The van der Waals surface area contributed by atoms with Gasteiger partial charge in [0, 0.05) is 11.5 Å². The van der Waals surface area contributed by atoms with Gasteiger partial charge in [-0.3, -0.25) is 9.59 Å². The molecule has 0 saturated heterocycles. The molecule has 0 heterocycles. The number of anilines is 1. The van der Waals surface area contributed by atoms with Crippen LogP contribution in [0.3, 0.4) is 0 Å². The molecule has 0 unspecified atom stereocenters. The number of carbonyl (C=O) groups is 2. The van der Waals surface area contributed by atoms with Gasteiger partial charge in [0.25, 0.3) is 0 Å². The minimum absolute atomic E-state index is 0.0165. The van der Waals surface area contributed by atoms with E-state index in [9.17, 15) is 9.59 Å². The van der Waals surface area contributed by atoms with Gasteiger partial charge in [-0.15, -0.1) is 0 Å². The van der Waals surface area contributed by atoms with E-state index in [2.05, 4.69) is 21.2 Å². The number of carbonyl (C=O) groups excluding carboxylic acids is 2. The van der Waals surface area contributed by atoms with Crippen molar-refractivity contribution in [3.63, 3.8) is 0 Å². The first kappa shape index (κ1) is 13.7. The number of para-hydroxylation sites is 1. The summed E-state index contributed by atoms with van der Waals surface area (Å²) in [6, 6.07) is 7.26. The van der Waals surface area contributed by atoms with Crippen LogP contribution in [0.5, 0.6) is 0 Å². The quantitative estimate of drug-likeness (QED) is 0.864. The minimum atomic E-state index is -0.271. The molecule has 0 aliphatic carbocycles. The Hall–Kier alpha value is -1.40. The van der Waals surface area contributed by atoms with Crippen molar-refractivity contribution in [3.05, 3.63) is 28.7 Å². The number of rotatable bonds is 4. The van der Waals surface area contributed by atoms with Crippen molar-refractivity contribution >= 4 is 33.4 Å². The van der Waals surface area contributed by atoms with Crippen LogP contribution < -0.4 is 11.1 Å². The fourth-order valence-corrected chi connectivity index (χ4v) is 1.60. The van der Waals surface area contributed by atoms with Gasteiger partial charge in [-0.05, 0) is 28.1 Å². The summed E-state index contributed by atoms with van der Waals surface area (Å²) in [5, 5.41) is 2.70. The molecule has 1 aromatic rings. The van der Waals surface area contributed by atoms with E-state index in [0.29, 0.717) is 5.69 Å². The molecule has 6 heteroatoms. The fraction of sp³-hybridized carbons (Fsp3) is 0.273. The summed E-state index contributed by atoms with van der Waals surface area (Å²) in [5.74, 6) is -0.534. The van der Waals surface area contributed by atoms with E-state index in [1.54, 1.807) is 6.07 Å². The van der Waals surface area contributed by atoms with Crippen molar-refractivity contribution in [1.29, 1.82) is 0 Å². The van der Waals surface area contributed by atoms with Gasteiger partial charge >= 0.3 is 0 Å². The van der Waals surface area contributed by atoms with Gasteiger partial charge in [0.15, 0.2) is 0 Å². The van der Waals surface area contributed by atoms with E-state index < -0.39 is 0 Å². The highest BCUT2D eigenvalue weighted by molar-refractivity contribution is 9.10. The zero-order valence-corrected chi connectivity index (χ0v) is 11.0. The number of nitrogens with zero attached hydrogens (tertiary/aromatic N) is 1. The molecule has 5 nitrogen and oxygen atoms in total. The number of halogens is 1. The van der Waals surface area contributed by atoms with Gasteiger partial charge in [0.05, 0.1) is 18.8 Å². The Balaban J connectivity index is 2.56. The fourth-order valence-electron chi connectivity index (χ4n) is 1.21. The molecule has 17 heavy (non-hydrogen) atoms. The summed E-state index contributed by atoms with van der Waals surface area (Å²) in [6.45, 7) is -0.115. The average Bonchev–Trinajstić information content (AvgIpc) is 2.31. The molecule has 92 valence electrons. The third-order valence-corrected chi connectivity index (χ3v) is 2.82. The number of nitrogens with two attached hydrogens (primary N) is 1. The topological polar surface area (TPSA) is 75.4 Å². The third-order valence-electron chi connectivity index (χ3n) is 2.13. The first-order valence-corrected chi connectivity index (χ1v) is 5.82. The average molecular weight is 300 g/mol. The van der Waals surface area contributed by atoms with Crippen LogP contribution in [0, 0.1) is 0 Å². The number of likely N-dealkylation sites (N-methyl/N-ethyl adjacent to an activating group) is 1. The Labute approximate surface area is 108 Å². The van der Waals surface area contributed by atoms with Gasteiger partial charge in [0.2, 0.25) is 11.8 Å². The summed E-state index contributed by atoms with van der Waals surface area (Å²) < 4.78 is 0.793. The zero-order chi connectivity index (χ0) is 12.8. The van der Waals surface area contributed by atoms with E-state index >= 15 is 0 Å². The zero-order valence-electron chi connectivity index (χ0n) is 9.44. The molecule has 1 aromatic carbocycles. The Morgan fingerprint density at radius 1 is 1.41 bits per heavy atom. The van der Waals surface area contributed by atoms with E-state index in [-0.39, 0.29) is 24.9 Å². The number of amides is 2. The molecule has 0 aromatic heterocycles. The largest absolute Gasteiger partial charge is 0.335 e. The Bertz CT molecular complexity index is 423. The molecule has 2 amide bonds. The predicted molar refractivity (Wildman–Crippen MR) is 69.5 cm³/mol. The maximum absolute atomic E-state index is 11.6. The summed E-state index contributed by atoms with van der Waals surface area (Å²) in [6.07, 6.45) is 0. The van der Waals surface area contributed by atoms with Crippen molar-refractivity contribution in [1.82, 2.24) is 4.90 Å². The number of hydrogen-bond acceptors (Lipinski definition) is 3. The molecule has 0 radical (unpaired) electrons. The van der Waals surface area contributed by atoms with Gasteiger partial charge < -0.3 is 16.0 Å². The van der Waals surface area contributed by atoms with Crippen LogP contribution in [0.2, 0.25) is 0 Å². The molecule has 0 saturated carbocycles. The summed E-state index contributed by atoms with van der Waals surface area (Å²) in [7, 11) is 1.54. The van der Waals surface area contributed by atoms with Crippen molar-refractivity contribution in [2.75, 3.05) is 25.5 Å². The Kier molecular flexibility index (Phi) is 5.11. The molecule has 0 bridgehead atoms. The Morgan fingerprint density at radius 3 is 2.65 bits per heavy atom. The smallest absolute Gasteiger partial charge is 0.244 e. The molecule has 0 aliphatic heterocycles. The van der Waals surface area contributed by atoms with Crippen LogP contribution in [0.25, 0.3) is 0 Å². The first-order chi connectivity index (χ1) is 8.04.